The van der Waals surface area contributed by atoms with Crippen LogP contribution >= 0.6 is 11.8 Å². The molecular formula is C14H20O3S. The van der Waals surface area contributed by atoms with Gasteiger partial charge in [0.15, 0.2) is 11.5 Å². The van der Waals surface area contributed by atoms with Crippen molar-refractivity contribution in [2.24, 2.45) is 0 Å². The Balaban J connectivity index is 2.28. The maximum absolute atomic E-state index is 10.6. The highest BCUT2D eigenvalue weighted by Gasteiger charge is 2.43. The average molecular weight is 268 g/mol. The van der Waals surface area contributed by atoms with E-state index in [1.165, 1.54) is 6.42 Å². The smallest absolute Gasteiger partial charge is 0.161 e. The number of aliphatic hydroxyl groups excluding tert-OH is 1. The molecule has 0 amide bonds. The summed E-state index contributed by atoms with van der Waals surface area (Å²) in [5, 5.41) is 10.6. The zero-order valence-electron chi connectivity index (χ0n) is 11.1. The molecule has 1 fully saturated rings. The molecule has 1 aromatic carbocycles. The Morgan fingerprint density at radius 2 is 1.89 bits per heavy atom. The Labute approximate surface area is 112 Å². The largest absolute Gasteiger partial charge is 0.493 e. The van der Waals surface area contributed by atoms with Crippen molar-refractivity contribution in [3.63, 3.8) is 0 Å². The molecule has 3 nitrogen and oxygen atoms in total. The van der Waals surface area contributed by atoms with Crippen LogP contribution in [0.15, 0.2) is 18.2 Å². The van der Waals surface area contributed by atoms with E-state index >= 15 is 0 Å². The van der Waals surface area contributed by atoms with Crippen LogP contribution in [0.3, 0.4) is 0 Å². The molecule has 1 N–H and O–H groups in total. The van der Waals surface area contributed by atoms with E-state index in [0.29, 0.717) is 11.5 Å². The van der Waals surface area contributed by atoms with Gasteiger partial charge in [0, 0.05) is 4.75 Å². The van der Waals surface area contributed by atoms with Crippen molar-refractivity contribution in [1.29, 1.82) is 0 Å². The van der Waals surface area contributed by atoms with Gasteiger partial charge < -0.3 is 14.6 Å². The van der Waals surface area contributed by atoms with Gasteiger partial charge in [-0.3, -0.25) is 0 Å². The first-order valence-electron chi connectivity index (χ1n) is 6.12. The highest BCUT2D eigenvalue weighted by Crippen LogP contribution is 2.51. The third-order valence-corrected chi connectivity index (χ3v) is 5.27. The summed E-state index contributed by atoms with van der Waals surface area (Å²) in [6.07, 6.45) is 4.97. The summed E-state index contributed by atoms with van der Waals surface area (Å²) in [6.45, 7) is 0. The third-order valence-electron chi connectivity index (χ3n) is 3.83. The topological polar surface area (TPSA) is 38.7 Å². The van der Waals surface area contributed by atoms with Crippen molar-refractivity contribution in [1.82, 2.24) is 0 Å². The predicted octanol–water partition coefficient (Wildman–Crippen LogP) is 3.02. The number of aliphatic hydroxyl groups is 1. The van der Waals surface area contributed by atoms with E-state index in [0.717, 1.165) is 18.4 Å². The molecule has 18 heavy (non-hydrogen) atoms. The fraction of sp³-hybridized carbons (Fsp3) is 0.571. The number of benzene rings is 1. The Kier molecular flexibility index (Phi) is 4.07. The lowest BCUT2D eigenvalue weighted by atomic mass is 9.77. The standard InChI is InChI=1S/C14H20O3S/c1-16-11-6-5-10(9-12(11)17-2)13(15)14(18-3)7-4-8-14/h5-6,9,13,15H,4,7-8H2,1-3H3. The molecule has 100 valence electrons. The molecule has 0 radical (unpaired) electrons. The predicted molar refractivity (Wildman–Crippen MR) is 74.6 cm³/mol. The summed E-state index contributed by atoms with van der Waals surface area (Å²) >= 11 is 1.76. The molecule has 0 bridgehead atoms. The minimum Gasteiger partial charge on any atom is -0.493 e. The number of rotatable bonds is 5. The van der Waals surface area contributed by atoms with Gasteiger partial charge in [0.25, 0.3) is 0 Å². The van der Waals surface area contributed by atoms with E-state index < -0.39 is 6.10 Å². The lowest BCUT2D eigenvalue weighted by molar-refractivity contribution is 0.0874. The minimum absolute atomic E-state index is 0.0143. The SMILES string of the molecule is COc1ccc(C(O)C2(SC)CCC2)cc1OC. The molecule has 1 aliphatic carbocycles. The molecular weight excluding hydrogens is 248 g/mol. The van der Waals surface area contributed by atoms with Crippen molar-refractivity contribution < 1.29 is 14.6 Å². The summed E-state index contributed by atoms with van der Waals surface area (Å²) in [7, 11) is 3.23. The maximum Gasteiger partial charge on any atom is 0.161 e. The van der Waals surface area contributed by atoms with Crippen molar-refractivity contribution in [2.45, 2.75) is 30.1 Å². The summed E-state index contributed by atoms with van der Waals surface area (Å²) in [5.74, 6) is 1.37. The van der Waals surface area contributed by atoms with Gasteiger partial charge in [-0.05, 0) is 36.8 Å². The Bertz CT molecular complexity index is 410. The van der Waals surface area contributed by atoms with E-state index in [1.807, 2.05) is 18.2 Å². The molecule has 0 spiro atoms. The third kappa shape index (κ3) is 2.19. The normalized spacial score (nSPS) is 18.9. The fourth-order valence-corrected chi connectivity index (χ4v) is 3.50. The Morgan fingerprint density at radius 1 is 1.22 bits per heavy atom. The Morgan fingerprint density at radius 3 is 2.33 bits per heavy atom. The van der Waals surface area contributed by atoms with Gasteiger partial charge in [0.05, 0.1) is 20.3 Å². The van der Waals surface area contributed by atoms with Gasteiger partial charge >= 0.3 is 0 Å². The quantitative estimate of drug-likeness (QED) is 0.891. The summed E-state index contributed by atoms with van der Waals surface area (Å²) < 4.78 is 10.5. The van der Waals surface area contributed by atoms with E-state index in [9.17, 15) is 5.11 Å². The second-order valence-corrected chi connectivity index (χ2v) is 5.86. The van der Waals surface area contributed by atoms with E-state index in [-0.39, 0.29) is 4.75 Å². The van der Waals surface area contributed by atoms with Crippen molar-refractivity contribution in [3.05, 3.63) is 23.8 Å². The minimum atomic E-state index is -0.443. The van der Waals surface area contributed by atoms with Crippen LogP contribution in [0.5, 0.6) is 11.5 Å². The molecule has 1 aliphatic rings. The average Bonchev–Trinajstić information content (AvgIpc) is 2.37. The number of hydrogen-bond acceptors (Lipinski definition) is 4. The van der Waals surface area contributed by atoms with Gasteiger partial charge in [0.2, 0.25) is 0 Å². The van der Waals surface area contributed by atoms with E-state index in [2.05, 4.69) is 6.26 Å². The monoisotopic (exact) mass is 268 g/mol. The molecule has 0 aliphatic heterocycles. The summed E-state index contributed by atoms with van der Waals surface area (Å²) in [4.78, 5) is 0. The van der Waals surface area contributed by atoms with Crippen molar-refractivity contribution in [3.8, 4) is 11.5 Å². The number of thioether (sulfide) groups is 1. The van der Waals surface area contributed by atoms with Crippen LogP contribution in [0.4, 0.5) is 0 Å². The molecule has 1 saturated carbocycles. The lowest BCUT2D eigenvalue weighted by Gasteiger charge is -2.44. The van der Waals surface area contributed by atoms with Gasteiger partial charge in [0.1, 0.15) is 0 Å². The van der Waals surface area contributed by atoms with Crippen LogP contribution in [-0.4, -0.2) is 30.3 Å². The summed E-state index contributed by atoms with van der Waals surface area (Å²) in [6, 6.07) is 5.65. The number of ether oxygens (including phenoxy) is 2. The summed E-state index contributed by atoms with van der Waals surface area (Å²) in [5.41, 5.74) is 0.904. The fourth-order valence-electron chi connectivity index (χ4n) is 2.44. The van der Waals surface area contributed by atoms with Gasteiger partial charge in [-0.1, -0.05) is 12.5 Å². The van der Waals surface area contributed by atoms with Crippen LogP contribution in [0.25, 0.3) is 0 Å². The zero-order chi connectivity index (χ0) is 13.2. The highest BCUT2D eigenvalue weighted by atomic mass is 32.2. The van der Waals surface area contributed by atoms with Crippen LogP contribution in [-0.2, 0) is 0 Å². The van der Waals surface area contributed by atoms with Crippen LogP contribution in [0, 0.1) is 0 Å². The molecule has 0 saturated heterocycles. The Hall–Kier alpha value is -0.870. The number of methoxy groups -OCH3 is 2. The van der Waals surface area contributed by atoms with Crippen LogP contribution < -0.4 is 9.47 Å². The van der Waals surface area contributed by atoms with E-state index in [4.69, 9.17) is 9.47 Å². The first-order chi connectivity index (χ1) is 8.66. The highest BCUT2D eigenvalue weighted by molar-refractivity contribution is 8.00. The zero-order valence-corrected chi connectivity index (χ0v) is 11.9. The first kappa shape index (κ1) is 13.6. The van der Waals surface area contributed by atoms with Crippen LogP contribution in [0.2, 0.25) is 0 Å². The molecule has 4 heteroatoms. The molecule has 0 heterocycles. The van der Waals surface area contributed by atoms with Gasteiger partial charge in [-0.2, -0.15) is 11.8 Å². The second-order valence-electron chi connectivity index (χ2n) is 4.64. The van der Waals surface area contributed by atoms with Gasteiger partial charge in [-0.25, -0.2) is 0 Å². The maximum atomic E-state index is 10.6. The lowest BCUT2D eigenvalue weighted by Crippen LogP contribution is -2.39. The molecule has 1 unspecified atom stereocenters. The van der Waals surface area contributed by atoms with Crippen molar-refractivity contribution >= 4 is 11.8 Å². The second kappa shape index (κ2) is 5.41. The molecule has 2 rings (SSSR count). The molecule has 0 aromatic heterocycles. The van der Waals surface area contributed by atoms with Gasteiger partial charge in [-0.15, -0.1) is 0 Å². The molecule has 1 aromatic rings. The van der Waals surface area contributed by atoms with E-state index in [1.54, 1.807) is 26.0 Å². The van der Waals surface area contributed by atoms with Crippen molar-refractivity contribution in [2.75, 3.05) is 20.5 Å². The number of hydrogen-bond donors (Lipinski definition) is 1. The molecule has 1 atom stereocenters. The first-order valence-corrected chi connectivity index (χ1v) is 7.34. The van der Waals surface area contributed by atoms with Crippen LogP contribution in [0.1, 0.15) is 30.9 Å².